The van der Waals surface area contributed by atoms with Crippen LogP contribution in [0.4, 0.5) is 18.0 Å². The van der Waals surface area contributed by atoms with Gasteiger partial charge >= 0.3 is 18.2 Å². The summed E-state index contributed by atoms with van der Waals surface area (Å²) in [6, 6.07) is 15.7. The Kier molecular flexibility index (Phi) is 7.60. The summed E-state index contributed by atoms with van der Waals surface area (Å²) in [5.41, 5.74) is 4.31. The van der Waals surface area contributed by atoms with Crippen LogP contribution in [0, 0.1) is 5.92 Å². The second-order valence-electron chi connectivity index (χ2n) is 7.74. The molecule has 3 N–H and O–H groups in total. The monoisotopic (exact) mass is 476 g/mol. The van der Waals surface area contributed by atoms with Gasteiger partial charge in [0.05, 0.1) is 0 Å². The van der Waals surface area contributed by atoms with Gasteiger partial charge in [0, 0.05) is 24.6 Å². The molecule has 1 unspecified atom stereocenters. The van der Waals surface area contributed by atoms with Crippen molar-refractivity contribution in [1.82, 2.24) is 10.6 Å². The van der Waals surface area contributed by atoms with E-state index in [-0.39, 0.29) is 24.6 Å². The van der Waals surface area contributed by atoms with Gasteiger partial charge in [-0.05, 0) is 29.2 Å². The minimum atomic E-state index is -4.98. The van der Waals surface area contributed by atoms with Crippen LogP contribution in [0.2, 0.25) is 0 Å². The number of fused-ring (bicyclic) bond motifs is 3. The summed E-state index contributed by atoms with van der Waals surface area (Å²) in [5, 5.41) is 13.0. The quantitative estimate of drug-likeness (QED) is 0.502. The Labute approximate surface area is 193 Å². The lowest BCUT2D eigenvalue weighted by Gasteiger charge is -2.16. The van der Waals surface area contributed by atoms with E-state index in [1.165, 1.54) is 13.0 Å². The molecule has 3 rings (SSSR count). The number of aliphatic carboxylic acids is 1. The molecular weight excluding hydrogens is 453 g/mol. The molecule has 2 amide bonds. The van der Waals surface area contributed by atoms with E-state index in [9.17, 15) is 27.6 Å². The van der Waals surface area contributed by atoms with Gasteiger partial charge < -0.3 is 20.5 Å². The fraction of sp³-hybridized carbons (Fsp3) is 0.292. The molecule has 0 spiro atoms. The summed E-state index contributed by atoms with van der Waals surface area (Å²) in [7, 11) is 0. The first-order valence-electron chi connectivity index (χ1n) is 10.4. The summed E-state index contributed by atoms with van der Waals surface area (Å²) >= 11 is 0. The van der Waals surface area contributed by atoms with Crippen molar-refractivity contribution >= 4 is 18.0 Å². The van der Waals surface area contributed by atoms with Crippen LogP contribution in [0.5, 0.6) is 0 Å². The molecule has 2 aromatic carbocycles. The number of carbonyl (C=O) groups excluding carboxylic acids is 2. The number of hydrogen-bond donors (Lipinski definition) is 3. The Morgan fingerprint density at radius 3 is 2.12 bits per heavy atom. The molecule has 1 aliphatic carbocycles. The number of halogens is 3. The number of carboxylic acid groups (broad SMARTS) is 1. The van der Waals surface area contributed by atoms with E-state index >= 15 is 0 Å². The number of carbonyl (C=O) groups is 3. The first-order chi connectivity index (χ1) is 16.1. The third-order valence-electron chi connectivity index (χ3n) is 5.52. The van der Waals surface area contributed by atoms with Gasteiger partial charge in [-0.15, -0.1) is 0 Å². The van der Waals surface area contributed by atoms with Crippen molar-refractivity contribution < 1.29 is 37.4 Å². The highest BCUT2D eigenvalue weighted by atomic mass is 19.4. The predicted octanol–water partition coefficient (Wildman–Crippen LogP) is 3.85. The summed E-state index contributed by atoms with van der Waals surface area (Å²) < 4.78 is 43.3. The van der Waals surface area contributed by atoms with Gasteiger partial charge in [-0.1, -0.05) is 54.6 Å². The number of benzene rings is 2. The third kappa shape index (κ3) is 5.75. The van der Waals surface area contributed by atoms with E-state index in [4.69, 9.17) is 9.84 Å². The van der Waals surface area contributed by atoms with Crippen LogP contribution < -0.4 is 10.6 Å². The highest BCUT2D eigenvalue weighted by molar-refractivity contribution is 5.93. The van der Waals surface area contributed by atoms with Crippen LogP contribution >= 0.6 is 0 Å². The zero-order valence-electron chi connectivity index (χ0n) is 18.2. The smallest absolute Gasteiger partial charge is 0.407 e. The number of carboxylic acids is 1. The van der Waals surface area contributed by atoms with Gasteiger partial charge in [0.15, 0.2) is 5.92 Å². The van der Waals surface area contributed by atoms with Gasteiger partial charge in [-0.2, -0.15) is 13.2 Å². The van der Waals surface area contributed by atoms with E-state index in [1.54, 1.807) is 0 Å². The van der Waals surface area contributed by atoms with Gasteiger partial charge in [0.25, 0.3) is 0 Å². The fourth-order valence-electron chi connectivity index (χ4n) is 3.71. The SMILES string of the molecule is C/C(=C\CNC(=O)OCC1c2ccccc2-c2ccccc21)C(=O)NCC(C(=O)O)C(F)(F)F. The molecule has 0 fully saturated rings. The lowest BCUT2D eigenvalue weighted by atomic mass is 9.98. The Morgan fingerprint density at radius 2 is 1.59 bits per heavy atom. The second kappa shape index (κ2) is 10.4. The topological polar surface area (TPSA) is 105 Å². The van der Waals surface area contributed by atoms with Crippen LogP contribution in [0.15, 0.2) is 60.2 Å². The maximum atomic E-state index is 12.7. The molecule has 7 nitrogen and oxygen atoms in total. The van der Waals surface area contributed by atoms with E-state index in [1.807, 2.05) is 53.8 Å². The second-order valence-corrected chi connectivity index (χ2v) is 7.74. The van der Waals surface area contributed by atoms with Crippen molar-refractivity contribution in [2.24, 2.45) is 5.92 Å². The maximum Gasteiger partial charge on any atom is 0.407 e. The molecule has 1 aliphatic rings. The van der Waals surface area contributed by atoms with Crippen molar-refractivity contribution in [2.75, 3.05) is 19.7 Å². The van der Waals surface area contributed by atoms with Crippen molar-refractivity contribution in [3.63, 3.8) is 0 Å². The Morgan fingerprint density at radius 1 is 1.03 bits per heavy atom. The molecule has 10 heteroatoms. The zero-order chi connectivity index (χ0) is 24.9. The molecule has 0 heterocycles. The van der Waals surface area contributed by atoms with Crippen LogP contribution in [0.25, 0.3) is 11.1 Å². The van der Waals surface area contributed by atoms with Crippen molar-refractivity contribution in [3.05, 3.63) is 71.3 Å². The zero-order valence-corrected chi connectivity index (χ0v) is 18.2. The molecule has 180 valence electrons. The van der Waals surface area contributed by atoms with Gasteiger partial charge in [-0.3, -0.25) is 9.59 Å². The standard InChI is InChI=1S/C24H23F3N2O5/c1-14(21(30)29-12-20(22(31)32)24(25,26)27)10-11-28-23(33)34-13-19-17-8-4-2-6-15(17)16-7-3-5-9-18(16)19/h2-10,19-20H,11-13H2,1H3,(H,28,33)(H,29,30)(H,31,32)/b14-10+. The molecule has 0 saturated heterocycles. The lowest BCUT2D eigenvalue weighted by Crippen LogP contribution is -2.41. The number of nitrogens with one attached hydrogen (secondary N) is 2. The summed E-state index contributed by atoms with van der Waals surface area (Å²) in [6.07, 6.45) is -4.41. The van der Waals surface area contributed by atoms with E-state index in [0.717, 1.165) is 22.3 Å². The Bertz CT molecular complexity index is 1070. The largest absolute Gasteiger partial charge is 0.481 e. The highest BCUT2D eigenvalue weighted by Crippen LogP contribution is 2.44. The molecule has 34 heavy (non-hydrogen) atoms. The maximum absolute atomic E-state index is 12.7. The van der Waals surface area contributed by atoms with Crippen LogP contribution in [0.1, 0.15) is 24.0 Å². The normalized spacial score (nSPS) is 14.1. The molecule has 0 saturated carbocycles. The number of rotatable bonds is 8. The molecular formula is C24H23F3N2O5. The Hall–Kier alpha value is -3.82. The fourth-order valence-corrected chi connectivity index (χ4v) is 3.71. The number of amides is 2. The third-order valence-corrected chi connectivity index (χ3v) is 5.52. The van der Waals surface area contributed by atoms with Crippen LogP contribution in [-0.2, 0) is 14.3 Å². The van der Waals surface area contributed by atoms with E-state index in [0.29, 0.717) is 0 Å². The number of alkyl carbamates (subject to hydrolysis) is 1. The summed E-state index contributed by atoms with van der Waals surface area (Å²) in [4.78, 5) is 34.8. The van der Waals surface area contributed by atoms with Crippen LogP contribution in [0.3, 0.4) is 0 Å². The first kappa shape index (κ1) is 24.8. The van der Waals surface area contributed by atoms with Gasteiger partial charge in [0.1, 0.15) is 6.61 Å². The number of ether oxygens (including phenoxy) is 1. The number of hydrogen-bond acceptors (Lipinski definition) is 4. The Balaban J connectivity index is 1.49. The molecule has 0 aromatic heterocycles. The van der Waals surface area contributed by atoms with Gasteiger partial charge in [-0.25, -0.2) is 4.79 Å². The summed E-state index contributed by atoms with van der Waals surface area (Å²) in [5.74, 6) is -5.77. The average molecular weight is 476 g/mol. The highest BCUT2D eigenvalue weighted by Gasteiger charge is 2.45. The minimum absolute atomic E-state index is 0.0188. The molecule has 0 bridgehead atoms. The van der Waals surface area contributed by atoms with Crippen molar-refractivity contribution in [2.45, 2.75) is 19.0 Å². The number of alkyl halides is 3. The lowest BCUT2D eigenvalue weighted by molar-refractivity contribution is -0.192. The van der Waals surface area contributed by atoms with Gasteiger partial charge in [0.2, 0.25) is 5.91 Å². The van der Waals surface area contributed by atoms with Crippen molar-refractivity contribution in [1.29, 1.82) is 0 Å². The molecule has 2 aromatic rings. The molecule has 0 aliphatic heterocycles. The van der Waals surface area contributed by atoms with Crippen LogP contribution in [-0.4, -0.2) is 48.9 Å². The molecule has 1 atom stereocenters. The average Bonchev–Trinajstić information content (AvgIpc) is 3.10. The predicted molar refractivity (Wildman–Crippen MR) is 117 cm³/mol. The summed E-state index contributed by atoms with van der Waals surface area (Å²) in [6.45, 7) is 0.245. The van der Waals surface area contributed by atoms with E-state index in [2.05, 4.69) is 5.32 Å². The molecule has 0 radical (unpaired) electrons. The van der Waals surface area contributed by atoms with Crippen molar-refractivity contribution in [3.8, 4) is 11.1 Å². The first-order valence-corrected chi connectivity index (χ1v) is 10.4. The minimum Gasteiger partial charge on any atom is -0.481 e. The van der Waals surface area contributed by atoms with E-state index < -0.39 is 36.6 Å².